The van der Waals surface area contributed by atoms with Crippen LogP contribution < -0.4 is 10.9 Å². The molecule has 0 radical (unpaired) electrons. The van der Waals surface area contributed by atoms with Crippen molar-refractivity contribution < 1.29 is 5.11 Å². The molecule has 2 heterocycles. The van der Waals surface area contributed by atoms with E-state index < -0.39 is 5.60 Å². The molecule has 1 aliphatic rings. The van der Waals surface area contributed by atoms with Crippen molar-refractivity contribution in [3.63, 3.8) is 0 Å². The van der Waals surface area contributed by atoms with Crippen LogP contribution in [0.4, 0.5) is 5.95 Å². The molecule has 7 nitrogen and oxygen atoms in total. The van der Waals surface area contributed by atoms with E-state index in [0.29, 0.717) is 23.5 Å². The maximum Gasteiger partial charge on any atom is 0.263 e. The van der Waals surface area contributed by atoms with Crippen molar-refractivity contribution in [3.05, 3.63) is 16.6 Å². The molecular formula is C16H25N5O2S. The van der Waals surface area contributed by atoms with Crippen molar-refractivity contribution in [1.29, 1.82) is 0 Å². The molecule has 8 heteroatoms. The standard InChI is InChI=1S/C16H25N5O2S/c1-5-24-11-6-7-16(11,23)9-17-14-19-12-10(13(22)20-14)8-18-21(12)15(2,3)4/h8,11,23H,5-7,9H2,1-4H3,(H2,17,19,20,22). The molecule has 0 saturated heterocycles. The van der Waals surface area contributed by atoms with E-state index >= 15 is 0 Å². The van der Waals surface area contributed by atoms with Gasteiger partial charge in [-0.2, -0.15) is 21.8 Å². The van der Waals surface area contributed by atoms with E-state index in [0.717, 1.165) is 18.6 Å². The summed E-state index contributed by atoms with van der Waals surface area (Å²) in [5.74, 6) is 1.36. The number of hydrogen-bond donors (Lipinski definition) is 3. The van der Waals surface area contributed by atoms with Crippen LogP contribution in [0.25, 0.3) is 11.0 Å². The minimum atomic E-state index is -0.738. The Labute approximate surface area is 145 Å². The fourth-order valence-electron chi connectivity index (χ4n) is 2.97. The van der Waals surface area contributed by atoms with Crippen molar-refractivity contribution >= 4 is 28.7 Å². The van der Waals surface area contributed by atoms with E-state index in [4.69, 9.17) is 0 Å². The molecule has 0 amide bonds. The molecule has 0 aromatic carbocycles. The van der Waals surface area contributed by atoms with Gasteiger partial charge in [0.2, 0.25) is 5.95 Å². The molecule has 2 atom stereocenters. The molecule has 2 unspecified atom stereocenters. The summed E-state index contributed by atoms with van der Waals surface area (Å²) in [6.07, 6.45) is 3.34. The maximum atomic E-state index is 12.3. The second kappa shape index (κ2) is 6.07. The number of aromatic amines is 1. The van der Waals surface area contributed by atoms with Gasteiger partial charge in [0.1, 0.15) is 5.39 Å². The number of aromatic nitrogens is 4. The molecular weight excluding hydrogens is 326 g/mol. The SMILES string of the molecule is CCSC1CCC1(O)CNc1nc2c(cnn2C(C)(C)C)c(=O)[nH]1. The third-order valence-corrected chi connectivity index (χ3v) is 5.85. The van der Waals surface area contributed by atoms with Crippen LogP contribution in [-0.4, -0.2) is 48.0 Å². The van der Waals surface area contributed by atoms with Crippen LogP contribution in [0, 0.1) is 0 Å². The van der Waals surface area contributed by atoms with E-state index in [2.05, 4.69) is 27.3 Å². The lowest BCUT2D eigenvalue weighted by atomic mass is 9.79. The number of aliphatic hydroxyl groups is 1. The van der Waals surface area contributed by atoms with E-state index in [1.165, 1.54) is 0 Å². The van der Waals surface area contributed by atoms with Gasteiger partial charge in [-0.05, 0) is 39.4 Å². The van der Waals surface area contributed by atoms with E-state index in [9.17, 15) is 9.90 Å². The molecule has 0 spiro atoms. The number of thioether (sulfide) groups is 1. The first-order chi connectivity index (χ1) is 11.2. The van der Waals surface area contributed by atoms with Crippen molar-refractivity contribution in [1.82, 2.24) is 19.7 Å². The normalized spacial score (nSPS) is 24.1. The highest BCUT2D eigenvalue weighted by molar-refractivity contribution is 8.00. The summed E-state index contributed by atoms with van der Waals surface area (Å²) >= 11 is 1.78. The van der Waals surface area contributed by atoms with Gasteiger partial charge in [-0.3, -0.25) is 9.78 Å². The molecule has 2 aromatic heterocycles. The Bertz CT molecular complexity index is 794. The molecule has 3 N–H and O–H groups in total. The fourth-order valence-corrected chi connectivity index (χ4v) is 4.17. The Kier molecular flexibility index (Phi) is 4.37. The first-order valence-electron chi connectivity index (χ1n) is 8.31. The third-order valence-electron chi connectivity index (χ3n) is 4.44. The van der Waals surface area contributed by atoms with Crippen LogP contribution in [0.3, 0.4) is 0 Å². The topological polar surface area (TPSA) is 95.8 Å². The number of rotatable bonds is 5. The monoisotopic (exact) mass is 351 g/mol. The molecule has 0 bridgehead atoms. The van der Waals surface area contributed by atoms with Crippen LogP contribution in [0.5, 0.6) is 0 Å². The zero-order valence-corrected chi connectivity index (χ0v) is 15.4. The highest BCUT2D eigenvalue weighted by atomic mass is 32.2. The van der Waals surface area contributed by atoms with Gasteiger partial charge in [0, 0.05) is 11.8 Å². The Balaban J connectivity index is 1.84. The van der Waals surface area contributed by atoms with Gasteiger partial charge in [-0.25, -0.2) is 4.68 Å². The third kappa shape index (κ3) is 3.04. The summed E-state index contributed by atoms with van der Waals surface area (Å²) in [5.41, 5.74) is -0.681. The highest BCUT2D eigenvalue weighted by Gasteiger charge is 2.45. The quantitative estimate of drug-likeness (QED) is 0.762. The number of H-pyrrole nitrogens is 1. The predicted octanol–water partition coefficient (Wildman–Crippen LogP) is 1.93. The van der Waals surface area contributed by atoms with Gasteiger partial charge in [0.15, 0.2) is 5.65 Å². The molecule has 1 fully saturated rings. The highest BCUT2D eigenvalue weighted by Crippen LogP contribution is 2.41. The number of fused-ring (bicyclic) bond motifs is 1. The molecule has 24 heavy (non-hydrogen) atoms. The molecule has 3 rings (SSSR count). The maximum absolute atomic E-state index is 12.3. The van der Waals surface area contributed by atoms with Gasteiger partial charge in [0.25, 0.3) is 5.56 Å². The average Bonchev–Trinajstić information content (AvgIpc) is 2.94. The second-order valence-corrected chi connectivity index (χ2v) is 8.80. The Morgan fingerprint density at radius 3 is 2.88 bits per heavy atom. The van der Waals surface area contributed by atoms with Gasteiger partial charge >= 0.3 is 0 Å². The van der Waals surface area contributed by atoms with E-state index in [1.54, 1.807) is 22.6 Å². The van der Waals surface area contributed by atoms with Crippen LogP contribution in [0.2, 0.25) is 0 Å². The summed E-state index contributed by atoms with van der Waals surface area (Å²) < 4.78 is 1.75. The van der Waals surface area contributed by atoms with Crippen LogP contribution >= 0.6 is 11.8 Å². The number of nitrogens with one attached hydrogen (secondary N) is 2. The van der Waals surface area contributed by atoms with Gasteiger partial charge in [-0.1, -0.05) is 6.92 Å². The number of anilines is 1. The van der Waals surface area contributed by atoms with Gasteiger partial charge in [0.05, 0.1) is 17.3 Å². The Morgan fingerprint density at radius 2 is 2.29 bits per heavy atom. The number of hydrogen-bond acceptors (Lipinski definition) is 6. The van der Waals surface area contributed by atoms with Crippen LogP contribution in [-0.2, 0) is 5.54 Å². The minimum absolute atomic E-state index is 0.224. The van der Waals surface area contributed by atoms with Crippen LogP contribution in [0.1, 0.15) is 40.5 Å². The minimum Gasteiger partial charge on any atom is -0.387 e. The smallest absolute Gasteiger partial charge is 0.263 e. The van der Waals surface area contributed by atoms with Crippen molar-refractivity contribution in [2.24, 2.45) is 0 Å². The predicted molar refractivity (Wildman–Crippen MR) is 97.7 cm³/mol. The fraction of sp³-hybridized carbons (Fsp3) is 0.688. The first kappa shape index (κ1) is 17.3. The zero-order chi connectivity index (χ0) is 17.5. The molecule has 132 valence electrons. The molecule has 2 aromatic rings. The molecule has 1 saturated carbocycles. The Morgan fingerprint density at radius 1 is 1.54 bits per heavy atom. The molecule has 0 aliphatic heterocycles. The lowest BCUT2D eigenvalue weighted by Gasteiger charge is -2.45. The summed E-state index contributed by atoms with van der Waals surface area (Å²) in [4.78, 5) is 19.5. The van der Waals surface area contributed by atoms with E-state index in [1.807, 2.05) is 20.8 Å². The average molecular weight is 351 g/mol. The summed E-state index contributed by atoms with van der Waals surface area (Å²) in [7, 11) is 0. The Hall–Kier alpha value is -1.54. The summed E-state index contributed by atoms with van der Waals surface area (Å²) in [5, 5.41) is 18.8. The number of nitrogens with zero attached hydrogens (tertiary/aromatic N) is 3. The van der Waals surface area contributed by atoms with Crippen LogP contribution in [0.15, 0.2) is 11.0 Å². The van der Waals surface area contributed by atoms with Crippen molar-refractivity contribution in [3.8, 4) is 0 Å². The largest absolute Gasteiger partial charge is 0.387 e. The first-order valence-corrected chi connectivity index (χ1v) is 9.36. The van der Waals surface area contributed by atoms with Gasteiger partial charge < -0.3 is 10.4 Å². The van der Waals surface area contributed by atoms with Gasteiger partial charge in [-0.15, -0.1) is 0 Å². The second-order valence-electron chi connectivity index (χ2n) is 7.32. The van der Waals surface area contributed by atoms with Crippen molar-refractivity contribution in [2.45, 2.75) is 56.9 Å². The van der Waals surface area contributed by atoms with E-state index in [-0.39, 0.29) is 16.3 Å². The zero-order valence-electron chi connectivity index (χ0n) is 14.6. The lowest BCUT2D eigenvalue weighted by molar-refractivity contribution is -0.0121. The summed E-state index contributed by atoms with van der Waals surface area (Å²) in [6.45, 7) is 8.51. The lowest BCUT2D eigenvalue weighted by Crippen LogP contribution is -2.54. The van der Waals surface area contributed by atoms with Crippen molar-refractivity contribution in [2.75, 3.05) is 17.6 Å². The molecule has 1 aliphatic carbocycles. The summed E-state index contributed by atoms with van der Waals surface area (Å²) in [6, 6.07) is 0.